The Bertz CT molecular complexity index is 626. The molecule has 6 nitrogen and oxygen atoms in total. The Morgan fingerprint density at radius 1 is 1.33 bits per heavy atom. The summed E-state index contributed by atoms with van der Waals surface area (Å²) in [7, 11) is 1.50. The van der Waals surface area contributed by atoms with Gasteiger partial charge in [-0.3, -0.25) is 13.9 Å². The molecule has 0 unspecified atom stereocenters. The highest BCUT2D eigenvalue weighted by atomic mass is 16.2. The monoisotopic (exact) mass is 294 g/mol. The van der Waals surface area contributed by atoms with Gasteiger partial charge in [-0.05, 0) is 24.7 Å². The number of nitrogens with one attached hydrogen (secondary N) is 1. The summed E-state index contributed by atoms with van der Waals surface area (Å²) >= 11 is 0. The molecule has 1 aliphatic rings. The van der Waals surface area contributed by atoms with Crippen molar-refractivity contribution in [3.05, 3.63) is 20.8 Å². The van der Waals surface area contributed by atoms with Crippen LogP contribution in [0.4, 0.5) is 11.5 Å². The first-order valence-electron chi connectivity index (χ1n) is 7.73. The van der Waals surface area contributed by atoms with Gasteiger partial charge in [0.05, 0.1) is 0 Å². The topological polar surface area (TPSA) is 82.0 Å². The molecule has 1 heterocycles. The zero-order valence-corrected chi connectivity index (χ0v) is 13.2. The van der Waals surface area contributed by atoms with Gasteiger partial charge in [0.1, 0.15) is 11.5 Å². The number of hydrogen-bond donors (Lipinski definition) is 2. The van der Waals surface area contributed by atoms with E-state index < -0.39 is 0 Å². The van der Waals surface area contributed by atoms with Crippen molar-refractivity contribution in [1.29, 1.82) is 0 Å². The van der Waals surface area contributed by atoms with Crippen LogP contribution in [0, 0.1) is 5.41 Å². The van der Waals surface area contributed by atoms with E-state index in [1.807, 2.05) is 0 Å². The third kappa shape index (κ3) is 2.99. The molecular weight excluding hydrogens is 268 g/mol. The Morgan fingerprint density at radius 2 is 2.00 bits per heavy atom. The molecule has 0 amide bonds. The molecule has 1 saturated carbocycles. The van der Waals surface area contributed by atoms with Crippen LogP contribution in [0.2, 0.25) is 0 Å². The Kier molecular flexibility index (Phi) is 4.44. The maximum atomic E-state index is 12.3. The third-order valence-electron chi connectivity index (χ3n) is 4.57. The summed E-state index contributed by atoms with van der Waals surface area (Å²) in [5.74, 6) is 0.263. The van der Waals surface area contributed by atoms with E-state index in [2.05, 4.69) is 19.2 Å². The smallest absolute Gasteiger partial charge is 0.332 e. The number of nitrogens with zero attached hydrogens (tertiary/aromatic N) is 2. The first kappa shape index (κ1) is 15.7. The van der Waals surface area contributed by atoms with Crippen molar-refractivity contribution < 1.29 is 0 Å². The summed E-state index contributed by atoms with van der Waals surface area (Å²) in [5.41, 5.74) is 5.99. The molecule has 0 bridgehead atoms. The van der Waals surface area contributed by atoms with Crippen molar-refractivity contribution in [3.63, 3.8) is 0 Å². The molecule has 1 aromatic heterocycles. The average molecular weight is 294 g/mol. The van der Waals surface area contributed by atoms with Crippen LogP contribution in [0.3, 0.4) is 0 Å². The van der Waals surface area contributed by atoms with Crippen LogP contribution in [-0.2, 0) is 13.6 Å². The van der Waals surface area contributed by atoms with Crippen molar-refractivity contribution in [2.45, 2.75) is 52.5 Å². The predicted molar refractivity (Wildman–Crippen MR) is 85.7 cm³/mol. The number of nitrogen functional groups attached to an aromatic ring is 1. The summed E-state index contributed by atoms with van der Waals surface area (Å²) in [6.45, 7) is 5.52. The largest absolute Gasteiger partial charge is 0.383 e. The summed E-state index contributed by atoms with van der Waals surface area (Å²) in [6.07, 6.45) is 5.39. The van der Waals surface area contributed by atoms with E-state index in [4.69, 9.17) is 5.73 Å². The zero-order chi connectivity index (χ0) is 15.6. The van der Waals surface area contributed by atoms with E-state index in [1.165, 1.54) is 18.0 Å². The second-order valence-electron chi connectivity index (χ2n) is 6.43. The second kappa shape index (κ2) is 5.95. The lowest BCUT2D eigenvalue weighted by molar-refractivity contribution is 0.180. The van der Waals surface area contributed by atoms with E-state index >= 15 is 0 Å². The number of nitrogens with two attached hydrogens (primary N) is 1. The van der Waals surface area contributed by atoms with E-state index in [1.54, 1.807) is 0 Å². The molecule has 1 fully saturated rings. The highest BCUT2D eigenvalue weighted by Crippen LogP contribution is 2.40. The molecule has 118 valence electrons. The van der Waals surface area contributed by atoms with Crippen LogP contribution >= 0.6 is 0 Å². The third-order valence-corrected chi connectivity index (χ3v) is 4.57. The number of unbranched alkanes of at least 4 members (excludes halogenated alkanes) is 1. The minimum Gasteiger partial charge on any atom is -0.383 e. The molecule has 21 heavy (non-hydrogen) atoms. The molecule has 0 atom stereocenters. The molecule has 2 rings (SSSR count). The normalized spacial score (nSPS) is 16.5. The zero-order valence-electron chi connectivity index (χ0n) is 13.2. The number of hydrogen-bond acceptors (Lipinski definition) is 4. The summed E-state index contributed by atoms with van der Waals surface area (Å²) in [5, 5.41) is 3.19. The van der Waals surface area contributed by atoms with Gasteiger partial charge in [0.2, 0.25) is 0 Å². The van der Waals surface area contributed by atoms with Gasteiger partial charge < -0.3 is 11.1 Å². The van der Waals surface area contributed by atoms with Crippen molar-refractivity contribution in [1.82, 2.24) is 9.13 Å². The highest BCUT2D eigenvalue weighted by Gasteiger charge is 2.32. The molecule has 3 N–H and O–H groups in total. The Hall–Kier alpha value is -1.72. The van der Waals surface area contributed by atoms with E-state index in [9.17, 15) is 9.59 Å². The van der Waals surface area contributed by atoms with Crippen LogP contribution in [-0.4, -0.2) is 15.7 Å². The van der Waals surface area contributed by atoms with Crippen molar-refractivity contribution in [3.8, 4) is 0 Å². The summed E-state index contributed by atoms with van der Waals surface area (Å²) in [6, 6.07) is 0. The van der Waals surface area contributed by atoms with Gasteiger partial charge in [-0.25, -0.2) is 4.79 Å². The highest BCUT2D eigenvalue weighted by molar-refractivity contribution is 5.60. The quantitative estimate of drug-likeness (QED) is 0.833. The maximum absolute atomic E-state index is 12.3. The van der Waals surface area contributed by atoms with Crippen molar-refractivity contribution >= 4 is 11.5 Å². The van der Waals surface area contributed by atoms with Crippen LogP contribution < -0.4 is 22.3 Å². The number of rotatable bonds is 6. The van der Waals surface area contributed by atoms with Crippen molar-refractivity contribution in [2.24, 2.45) is 12.5 Å². The SMILES string of the molecule is CCCCn1c(N)c(NCC2(C)CCC2)c(=O)n(C)c1=O. The summed E-state index contributed by atoms with van der Waals surface area (Å²) in [4.78, 5) is 24.4. The fraction of sp³-hybridized carbons (Fsp3) is 0.733. The van der Waals surface area contributed by atoms with Crippen LogP contribution in [0.25, 0.3) is 0 Å². The van der Waals surface area contributed by atoms with Gasteiger partial charge in [0.15, 0.2) is 0 Å². The lowest BCUT2D eigenvalue weighted by Crippen LogP contribution is -2.42. The van der Waals surface area contributed by atoms with Gasteiger partial charge in [0, 0.05) is 20.1 Å². The lowest BCUT2D eigenvalue weighted by Gasteiger charge is -2.38. The molecule has 0 saturated heterocycles. The molecule has 0 aliphatic heterocycles. The standard InChI is InChI=1S/C15H26N4O2/c1-4-5-9-19-12(16)11(13(20)18(3)14(19)21)17-10-15(2)7-6-8-15/h17H,4-10,16H2,1-3H3. The molecule has 0 spiro atoms. The minimum atomic E-state index is -0.341. The molecule has 0 aromatic carbocycles. The molecule has 1 aliphatic carbocycles. The fourth-order valence-electron chi connectivity index (χ4n) is 2.74. The molecule has 1 aromatic rings. The molecular formula is C15H26N4O2. The Labute approximate surface area is 125 Å². The van der Waals surface area contributed by atoms with Gasteiger partial charge in [-0.1, -0.05) is 26.7 Å². The Morgan fingerprint density at radius 3 is 2.52 bits per heavy atom. The molecule has 6 heteroatoms. The fourth-order valence-corrected chi connectivity index (χ4v) is 2.74. The summed E-state index contributed by atoms with van der Waals surface area (Å²) < 4.78 is 2.63. The molecule has 0 radical (unpaired) electrons. The average Bonchev–Trinajstić information content (AvgIpc) is 2.43. The first-order chi connectivity index (χ1) is 9.89. The van der Waals surface area contributed by atoms with E-state index in [0.717, 1.165) is 36.8 Å². The number of anilines is 2. The van der Waals surface area contributed by atoms with Gasteiger partial charge in [-0.15, -0.1) is 0 Å². The second-order valence-corrected chi connectivity index (χ2v) is 6.43. The van der Waals surface area contributed by atoms with Gasteiger partial charge >= 0.3 is 5.69 Å². The predicted octanol–water partition coefficient (Wildman–Crippen LogP) is 1.53. The van der Waals surface area contributed by atoms with Crippen molar-refractivity contribution in [2.75, 3.05) is 17.6 Å². The van der Waals surface area contributed by atoms with Crippen LogP contribution in [0.15, 0.2) is 9.59 Å². The maximum Gasteiger partial charge on any atom is 0.332 e. The minimum absolute atomic E-state index is 0.238. The van der Waals surface area contributed by atoms with E-state index in [0.29, 0.717) is 12.2 Å². The first-order valence-corrected chi connectivity index (χ1v) is 7.73. The van der Waals surface area contributed by atoms with Gasteiger partial charge in [0.25, 0.3) is 5.56 Å². The van der Waals surface area contributed by atoms with Gasteiger partial charge in [-0.2, -0.15) is 0 Å². The lowest BCUT2D eigenvalue weighted by atomic mass is 9.70. The Balaban J connectivity index is 2.33. The number of aromatic nitrogens is 2. The van der Waals surface area contributed by atoms with E-state index in [-0.39, 0.29) is 22.5 Å². The van der Waals surface area contributed by atoms with Crippen LogP contribution in [0.1, 0.15) is 46.0 Å². The van der Waals surface area contributed by atoms with Crippen LogP contribution in [0.5, 0.6) is 0 Å².